The first-order valence-electron chi connectivity index (χ1n) is 15.2. The molecule has 0 radical (unpaired) electrons. The number of aryl methyl sites for hydroxylation is 1. The highest BCUT2D eigenvalue weighted by molar-refractivity contribution is 7.89. The van der Waals surface area contributed by atoms with E-state index in [1.165, 1.54) is 51.5 Å². The highest BCUT2D eigenvalue weighted by atomic mass is 32.2. The number of likely N-dealkylation sites (N-methyl/N-ethyl adjacent to an activating group) is 1. The van der Waals surface area contributed by atoms with Crippen molar-refractivity contribution in [1.82, 2.24) is 18.8 Å². The van der Waals surface area contributed by atoms with Gasteiger partial charge in [0.25, 0.3) is 15.9 Å². The van der Waals surface area contributed by atoms with E-state index in [-0.39, 0.29) is 41.2 Å². The molecule has 16 heteroatoms. The first kappa shape index (κ1) is 37.2. The van der Waals surface area contributed by atoms with Crippen LogP contribution in [0.1, 0.15) is 63.2 Å². The van der Waals surface area contributed by atoms with Crippen molar-refractivity contribution in [3.05, 3.63) is 36.3 Å². The van der Waals surface area contributed by atoms with E-state index in [4.69, 9.17) is 9.47 Å². The molecule has 2 N–H and O–H groups in total. The van der Waals surface area contributed by atoms with Gasteiger partial charge < -0.3 is 29.4 Å². The number of carbonyl (C=O) groups excluding carboxylic acids is 2. The standard InChI is InChI=1S/C30H44F3N5O7S/c1-20-15-38(21(2)18-39)29(41)24-14-23(35-27(40)11-12-30(31,32)33)9-10-25(24)45-22(3)8-6-7-13-44-26(20)16-37(5)46(42,43)28-17-36(4)19-34-28/h9-10,14,17,19-22,26,39H,6-8,11-13,15-16,18H2,1-5H3,(H,35,40)/t20-,21-,22+,26-/m0/s1. The maximum atomic E-state index is 14.1. The molecule has 3 rings (SSSR count). The number of nitrogens with one attached hydrogen (secondary N) is 1. The van der Waals surface area contributed by atoms with E-state index in [1.807, 2.05) is 13.8 Å². The first-order chi connectivity index (χ1) is 21.5. The number of imidazole rings is 1. The van der Waals surface area contributed by atoms with Crippen LogP contribution in [-0.4, -0.2) is 102 Å². The number of aliphatic hydroxyl groups is 1. The summed E-state index contributed by atoms with van der Waals surface area (Å²) >= 11 is 0. The summed E-state index contributed by atoms with van der Waals surface area (Å²) in [7, 11) is -0.835. The summed E-state index contributed by atoms with van der Waals surface area (Å²) in [5.41, 5.74) is 0.168. The molecule has 258 valence electrons. The third-order valence-electron chi connectivity index (χ3n) is 7.76. The van der Waals surface area contributed by atoms with Crippen molar-refractivity contribution in [2.24, 2.45) is 13.0 Å². The number of nitrogens with zero attached hydrogens (tertiary/aromatic N) is 4. The molecule has 0 fully saturated rings. The second kappa shape index (κ2) is 16.1. The molecule has 1 aromatic carbocycles. The molecule has 0 unspecified atom stereocenters. The molecule has 0 bridgehead atoms. The maximum Gasteiger partial charge on any atom is 0.389 e. The lowest BCUT2D eigenvalue weighted by Gasteiger charge is -2.35. The Hall–Kier alpha value is -3.21. The normalized spacial score (nSPS) is 21.3. The van der Waals surface area contributed by atoms with Gasteiger partial charge in [-0.3, -0.25) is 9.59 Å². The first-order valence-corrected chi connectivity index (χ1v) is 16.6. The van der Waals surface area contributed by atoms with Crippen molar-refractivity contribution >= 4 is 27.5 Å². The molecule has 4 atom stereocenters. The smallest absolute Gasteiger partial charge is 0.389 e. The van der Waals surface area contributed by atoms with Crippen molar-refractivity contribution in [1.29, 1.82) is 0 Å². The zero-order valence-electron chi connectivity index (χ0n) is 26.8. The molecular formula is C30H44F3N5O7S. The van der Waals surface area contributed by atoms with E-state index in [2.05, 4.69) is 10.3 Å². The number of hydrogen-bond donors (Lipinski definition) is 2. The van der Waals surface area contributed by atoms with Crippen molar-refractivity contribution in [3.8, 4) is 5.75 Å². The Morgan fingerprint density at radius 1 is 1.26 bits per heavy atom. The highest BCUT2D eigenvalue weighted by Gasteiger charge is 2.33. The van der Waals surface area contributed by atoms with E-state index in [0.29, 0.717) is 25.9 Å². The minimum atomic E-state index is -4.49. The van der Waals surface area contributed by atoms with Crippen LogP contribution in [0, 0.1) is 5.92 Å². The van der Waals surface area contributed by atoms with Crippen molar-refractivity contribution < 1.29 is 45.8 Å². The number of amides is 2. The summed E-state index contributed by atoms with van der Waals surface area (Å²) < 4.78 is 79.4. The fraction of sp³-hybridized carbons (Fsp3) is 0.633. The van der Waals surface area contributed by atoms with Gasteiger partial charge >= 0.3 is 6.18 Å². The number of aliphatic hydroxyl groups excluding tert-OH is 1. The molecule has 2 amide bonds. The van der Waals surface area contributed by atoms with Crippen LogP contribution in [0.3, 0.4) is 0 Å². The van der Waals surface area contributed by atoms with Gasteiger partial charge in [0.05, 0.1) is 43.2 Å². The quantitative estimate of drug-likeness (QED) is 0.409. The molecule has 0 saturated carbocycles. The third-order valence-corrected chi connectivity index (χ3v) is 9.47. The molecule has 2 aromatic rings. The zero-order valence-corrected chi connectivity index (χ0v) is 27.6. The number of fused-ring (bicyclic) bond motifs is 1. The fourth-order valence-electron chi connectivity index (χ4n) is 4.97. The van der Waals surface area contributed by atoms with Crippen LogP contribution in [0.2, 0.25) is 0 Å². The van der Waals surface area contributed by atoms with E-state index in [9.17, 15) is 36.3 Å². The molecule has 0 aliphatic carbocycles. The van der Waals surface area contributed by atoms with Gasteiger partial charge in [0.2, 0.25) is 5.91 Å². The lowest BCUT2D eigenvalue weighted by Crippen LogP contribution is -2.48. The molecule has 12 nitrogen and oxygen atoms in total. The van der Waals surface area contributed by atoms with Gasteiger partial charge in [-0.05, 0) is 51.3 Å². The SMILES string of the molecule is C[C@@H]1CCCCO[C@@H](CN(C)S(=O)(=O)c2cn(C)cn2)[C@@H](C)CN([C@@H](C)CO)C(=O)c2cc(NC(=O)CCC(F)(F)F)ccc2O1. The van der Waals surface area contributed by atoms with E-state index in [0.717, 1.165) is 0 Å². The van der Waals surface area contributed by atoms with Crippen LogP contribution >= 0.6 is 0 Å². The van der Waals surface area contributed by atoms with E-state index >= 15 is 0 Å². The monoisotopic (exact) mass is 675 g/mol. The lowest BCUT2D eigenvalue weighted by atomic mass is 10.0. The van der Waals surface area contributed by atoms with Crippen molar-refractivity contribution in [2.75, 3.05) is 38.7 Å². The van der Waals surface area contributed by atoms with Crippen molar-refractivity contribution in [3.63, 3.8) is 0 Å². The van der Waals surface area contributed by atoms with Gasteiger partial charge in [0.1, 0.15) is 5.75 Å². The summed E-state index contributed by atoms with van der Waals surface area (Å²) in [4.78, 5) is 31.8. The number of anilines is 1. The number of carbonyl (C=O) groups is 2. The summed E-state index contributed by atoms with van der Waals surface area (Å²) in [6.45, 7) is 5.28. The van der Waals surface area contributed by atoms with Crippen molar-refractivity contribution in [2.45, 2.75) is 82.3 Å². The minimum Gasteiger partial charge on any atom is -0.490 e. The predicted molar refractivity (Wildman–Crippen MR) is 164 cm³/mol. The number of rotatable bonds is 9. The largest absolute Gasteiger partial charge is 0.490 e. The number of alkyl halides is 3. The third kappa shape index (κ3) is 10.4. The molecule has 0 saturated heterocycles. The summed E-state index contributed by atoms with van der Waals surface area (Å²) in [5.74, 6) is -1.61. The molecular weight excluding hydrogens is 631 g/mol. The molecule has 2 heterocycles. The average Bonchev–Trinajstić information content (AvgIpc) is 3.44. The van der Waals surface area contributed by atoms with Crippen LogP contribution in [0.25, 0.3) is 0 Å². The molecule has 1 aliphatic heterocycles. The number of sulfonamides is 1. The van der Waals surface area contributed by atoms with Crippen LogP contribution in [0.4, 0.5) is 18.9 Å². The number of ether oxygens (including phenoxy) is 2. The van der Waals surface area contributed by atoms with Gasteiger partial charge in [-0.15, -0.1) is 0 Å². The predicted octanol–water partition coefficient (Wildman–Crippen LogP) is 3.82. The Labute approximate surface area is 267 Å². The summed E-state index contributed by atoms with van der Waals surface area (Å²) in [6, 6.07) is 3.61. The number of benzene rings is 1. The molecule has 0 spiro atoms. The number of hydrogen-bond acceptors (Lipinski definition) is 8. The highest BCUT2D eigenvalue weighted by Crippen LogP contribution is 2.29. The molecule has 46 heavy (non-hydrogen) atoms. The number of halogens is 3. The maximum absolute atomic E-state index is 14.1. The minimum absolute atomic E-state index is 0.0280. The van der Waals surface area contributed by atoms with Crippen LogP contribution < -0.4 is 10.1 Å². The second-order valence-corrected chi connectivity index (χ2v) is 13.8. The zero-order chi connectivity index (χ0) is 34.2. The van der Waals surface area contributed by atoms with E-state index < -0.39 is 65.5 Å². The van der Waals surface area contributed by atoms with Crippen LogP contribution in [-0.2, 0) is 26.6 Å². The second-order valence-electron chi connectivity index (χ2n) is 11.8. The van der Waals surface area contributed by atoms with E-state index in [1.54, 1.807) is 14.0 Å². The lowest BCUT2D eigenvalue weighted by molar-refractivity contribution is -0.142. The van der Waals surface area contributed by atoms with Crippen LogP contribution in [0.15, 0.2) is 35.7 Å². The topological polar surface area (TPSA) is 143 Å². The van der Waals surface area contributed by atoms with Crippen LogP contribution in [0.5, 0.6) is 5.75 Å². The Morgan fingerprint density at radius 2 is 1.98 bits per heavy atom. The average molecular weight is 676 g/mol. The summed E-state index contributed by atoms with van der Waals surface area (Å²) in [6.07, 6.45) is -2.74. The van der Waals surface area contributed by atoms with Gasteiger partial charge in [0, 0.05) is 58.0 Å². The molecule has 1 aromatic heterocycles. The summed E-state index contributed by atoms with van der Waals surface area (Å²) in [5, 5.41) is 12.4. The fourth-order valence-corrected chi connectivity index (χ4v) is 6.12. The van der Waals surface area contributed by atoms with Gasteiger partial charge in [-0.2, -0.15) is 17.5 Å². The number of aromatic nitrogens is 2. The Morgan fingerprint density at radius 3 is 2.61 bits per heavy atom. The molecule has 1 aliphatic rings. The Balaban J connectivity index is 1.94. The van der Waals surface area contributed by atoms with Gasteiger partial charge in [0.15, 0.2) is 5.03 Å². The Kier molecular flexibility index (Phi) is 13.0. The Bertz CT molecular complexity index is 1440. The van der Waals surface area contributed by atoms with Gasteiger partial charge in [-0.25, -0.2) is 13.4 Å². The van der Waals surface area contributed by atoms with Gasteiger partial charge in [-0.1, -0.05) is 6.92 Å².